The van der Waals surface area contributed by atoms with Gasteiger partial charge in [0, 0.05) is 33.6 Å². The van der Waals surface area contributed by atoms with Crippen molar-refractivity contribution in [3.8, 4) is 11.3 Å². The molecule has 1 saturated heterocycles. The number of piperidine rings is 1. The Morgan fingerprint density at radius 3 is 2.54 bits per heavy atom. The standard InChI is InChI=1S/C19H23N5OS/c1-23-11-9-15(10-12-23)21-18-7-8-19-20-13-17(24(19)22-18)14-3-5-16(6-4-14)26(2)25/h3-8,13,15H,9-12H2,1-2H3,(H,21,22). The third-order valence-corrected chi connectivity index (χ3v) is 5.85. The predicted octanol–water partition coefficient (Wildman–Crippen LogP) is 2.64. The minimum Gasteiger partial charge on any atom is -0.366 e. The maximum Gasteiger partial charge on any atom is 0.154 e. The highest BCUT2D eigenvalue weighted by Gasteiger charge is 2.17. The van der Waals surface area contributed by atoms with Gasteiger partial charge in [-0.25, -0.2) is 9.50 Å². The van der Waals surface area contributed by atoms with Gasteiger partial charge in [0.25, 0.3) is 0 Å². The van der Waals surface area contributed by atoms with Crippen molar-refractivity contribution in [2.45, 2.75) is 23.8 Å². The smallest absolute Gasteiger partial charge is 0.154 e. The Labute approximate surface area is 155 Å². The van der Waals surface area contributed by atoms with Gasteiger partial charge in [-0.3, -0.25) is 4.21 Å². The summed E-state index contributed by atoms with van der Waals surface area (Å²) in [5, 5.41) is 8.31. The Kier molecular flexibility index (Phi) is 4.74. The highest BCUT2D eigenvalue weighted by molar-refractivity contribution is 7.84. The molecule has 1 fully saturated rings. The number of nitrogens with zero attached hydrogens (tertiary/aromatic N) is 4. The molecule has 1 atom stereocenters. The average Bonchev–Trinajstić information content (AvgIpc) is 3.07. The second-order valence-electron chi connectivity index (χ2n) is 6.83. The van der Waals surface area contributed by atoms with E-state index < -0.39 is 10.8 Å². The molecule has 2 aromatic heterocycles. The zero-order valence-corrected chi connectivity index (χ0v) is 15.9. The number of likely N-dealkylation sites (tertiary alicyclic amines) is 1. The molecular formula is C19H23N5OS. The molecule has 3 heterocycles. The number of hydrogen-bond donors (Lipinski definition) is 1. The third kappa shape index (κ3) is 3.50. The first-order chi connectivity index (χ1) is 12.6. The van der Waals surface area contributed by atoms with Crippen molar-refractivity contribution in [1.82, 2.24) is 19.5 Å². The van der Waals surface area contributed by atoms with E-state index in [1.165, 1.54) is 0 Å². The Balaban J connectivity index is 1.61. The summed E-state index contributed by atoms with van der Waals surface area (Å²) < 4.78 is 13.4. The van der Waals surface area contributed by atoms with Gasteiger partial charge in [0.2, 0.25) is 0 Å². The molecule has 0 spiro atoms. The summed E-state index contributed by atoms with van der Waals surface area (Å²) in [6.45, 7) is 2.22. The van der Waals surface area contributed by atoms with Crippen LogP contribution in [0.15, 0.2) is 47.5 Å². The second kappa shape index (κ2) is 7.17. The summed E-state index contributed by atoms with van der Waals surface area (Å²) in [4.78, 5) is 7.63. The summed E-state index contributed by atoms with van der Waals surface area (Å²) in [5.74, 6) is 0.873. The molecule has 0 amide bonds. The maximum absolute atomic E-state index is 11.6. The molecule has 0 bridgehead atoms. The van der Waals surface area contributed by atoms with Gasteiger partial charge in [-0.05, 0) is 57.2 Å². The predicted molar refractivity (Wildman–Crippen MR) is 105 cm³/mol. The van der Waals surface area contributed by atoms with Gasteiger partial charge in [0.05, 0.1) is 11.9 Å². The molecule has 7 heteroatoms. The molecule has 0 saturated carbocycles. The Bertz CT molecular complexity index is 929. The number of benzene rings is 1. The van der Waals surface area contributed by atoms with Crippen LogP contribution in [0.5, 0.6) is 0 Å². The Morgan fingerprint density at radius 2 is 1.85 bits per heavy atom. The number of rotatable bonds is 4. The van der Waals surface area contributed by atoms with Crippen LogP contribution in [0.25, 0.3) is 16.9 Å². The van der Waals surface area contributed by atoms with Crippen LogP contribution in [0.2, 0.25) is 0 Å². The first kappa shape index (κ1) is 17.2. The number of hydrogen-bond acceptors (Lipinski definition) is 5. The zero-order chi connectivity index (χ0) is 18.1. The summed E-state index contributed by atoms with van der Waals surface area (Å²) >= 11 is 0. The van der Waals surface area contributed by atoms with Crippen LogP contribution < -0.4 is 5.32 Å². The number of fused-ring (bicyclic) bond motifs is 1. The van der Waals surface area contributed by atoms with E-state index in [0.717, 1.165) is 53.5 Å². The van der Waals surface area contributed by atoms with Crippen molar-refractivity contribution < 1.29 is 4.21 Å². The number of anilines is 1. The van der Waals surface area contributed by atoms with Gasteiger partial charge in [0.15, 0.2) is 5.65 Å². The van der Waals surface area contributed by atoms with Crippen molar-refractivity contribution in [3.63, 3.8) is 0 Å². The number of imidazole rings is 1. The quantitative estimate of drug-likeness (QED) is 0.766. The molecule has 6 nitrogen and oxygen atoms in total. The first-order valence-corrected chi connectivity index (χ1v) is 10.4. The lowest BCUT2D eigenvalue weighted by Crippen LogP contribution is -2.36. The molecule has 3 aromatic rings. The van der Waals surface area contributed by atoms with E-state index in [1.807, 2.05) is 47.1 Å². The van der Waals surface area contributed by atoms with Crippen molar-refractivity contribution in [2.24, 2.45) is 0 Å². The molecule has 1 N–H and O–H groups in total. The van der Waals surface area contributed by atoms with E-state index in [-0.39, 0.29) is 0 Å². The van der Waals surface area contributed by atoms with Crippen LogP contribution in [0.1, 0.15) is 12.8 Å². The van der Waals surface area contributed by atoms with E-state index in [1.54, 1.807) is 6.26 Å². The van der Waals surface area contributed by atoms with Gasteiger partial charge in [0.1, 0.15) is 5.82 Å². The average molecular weight is 369 g/mol. The van der Waals surface area contributed by atoms with E-state index in [2.05, 4.69) is 22.2 Å². The number of nitrogens with one attached hydrogen (secondary N) is 1. The van der Waals surface area contributed by atoms with Crippen LogP contribution in [0, 0.1) is 0 Å². The fourth-order valence-corrected chi connectivity index (χ4v) is 3.85. The minimum atomic E-state index is -0.973. The summed E-state index contributed by atoms with van der Waals surface area (Å²) in [6.07, 6.45) is 5.77. The molecule has 1 aliphatic heterocycles. The normalized spacial score (nSPS) is 17.5. The second-order valence-corrected chi connectivity index (χ2v) is 8.21. The maximum atomic E-state index is 11.6. The van der Waals surface area contributed by atoms with Gasteiger partial charge < -0.3 is 10.2 Å². The molecule has 4 rings (SSSR count). The van der Waals surface area contributed by atoms with Gasteiger partial charge in [-0.2, -0.15) is 0 Å². The molecule has 1 unspecified atom stereocenters. The fraction of sp³-hybridized carbons (Fsp3) is 0.368. The highest BCUT2D eigenvalue weighted by Crippen LogP contribution is 2.23. The molecule has 1 aromatic carbocycles. The Morgan fingerprint density at radius 1 is 1.12 bits per heavy atom. The van der Waals surface area contributed by atoms with Gasteiger partial charge >= 0.3 is 0 Å². The van der Waals surface area contributed by atoms with Gasteiger partial charge in [-0.15, -0.1) is 5.10 Å². The lowest BCUT2D eigenvalue weighted by atomic mass is 10.1. The molecule has 0 radical (unpaired) electrons. The molecule has 0 aliphatic carbocycles. The Hall–Kier alpha value is -2.25. The lowest BCUT2D eigenvalue weighted by molar-refractivity contribution is 0.263. The topological polar surface area (TPSA) is 62.5 Å². The SMILES string of the molecule is CN1CCC(Nc2ccc3ncc(-c4ccc(S(C)=O)cc4)n3n2)CC1. The van der Waals surface area contributed by atoms with Crippen molar-refractivity contribution in [2.75, 3.05) is 31.7 Å². The van der Waals surface area contributed by atoms with Crippen molar-refractivity contribution in [1.29, 1.82) is 0 Å². The summed E-state index contributed by atoms with van der Waals surface area (Å²) in [5.41, 5.74) is 2.76. The van der Waals surface area contributed by atoms with Crippen LogP contribution in [0.4, 0.5) is 5.82 Å². The van der Waals surface area contributed by atoms with E-state index in [4.69, 9.17) is 5.10 Å². The first-order valence-electron chi connectivity index (χ1n) is 8.84. The molecule has 1 aliphatic rings. The van der Waals surface area contributed by atoms with Crippen LogP contribution in [0.3, 0.4) is 0 Å². The van der Waals surface area contributed by atoms with E-state index in [0.29, 0.717) is 6.04 Å². The van der Waals surface area contributed by atoms with E-state index in [9.17, 15) is 4.21 Å². The summed E-state index contributed by atoms with van der Waals surface area (Å²) in [7, 11) is 1.19. The molecule has 26 heavy (non-hydrogen) atoms. The van der Waals surface area contributed by atoms with Crippen molar-refractivity contribution >= 4 is 22.3 Å². The highest BCUT2D eigenvalue weighted by atomic mass is 32.2. The lowest BCUT2D eigenvalue weighted by Gasteiger charge is -2.29. The van der Waals surface area contributed by atoms with Crippen LogP contribution in [-0.4, -0.2) is 56.1 Å². The monoisotopic (exact) mass is 369 g/mol. The largest absolute Gasteiger partial charge is 0.366 e. The van der Waals surface area contributed by atoms with Gasteiger partial charge in [-0.1, -0.05) is 12.1 Å². The number of aromatic nitrogens is 3. The zero-order valence-electron chi connectivity index (χ0n) is 15.1. The van der Waals surface area contributed by atoms with E-state index >= 15 is 0 Å². The van der Waals surface area contributed by atoms with Crippen molar-refractivity contribution in [3.05, 3.63) is 42.6 Å². The fourth-order valence-electron chi connectivity index (χ4n) is 3.33. The van der Waals surface area contributed by atoms with Crippen LogP contribution >= 0.6 is 0 Å². The third-order valence-electron chi connectivity index (χ3n) is 4.91. The molecule has 136 valence electrons. The molecular weight excluding hydrogens is 346 g/mol. The minimum absolute atomic E-state index is 0.460. The summed E-state index contributed by atoms with van der Waals surface area (Å²) in [6, 6.07) is 12.2. The van der Waals surface area contributed by atoms with Crippen LogP contribution in [-0.2, 0) is 10.8 Å².